The van der Waals surface area contributed by atoms with Crippen LogP contribution in [0.5, 0.6) is 0 Å². The first-order chi connectivity index (χ1) is 8.11. The third kappa shape index (κ3) is 3.68. The predicted octanol–water partition coefficient (Wildman–Crippen LogP) is 1.12. The van der Waals surface area contributed by atoms with Crippen LogP contribution in [0.4, 0.5) is 0 Å². The van der Waals surface area contributed by atoms with Crippen LogP contribution >= 0.6 is 0 Å². The number of nitrogens with two attached hydrogens (primary N) is 1. The quantitative estimate of drug-likeness (QED) is 0.733. The van der Waals surface area contributed by atoms with E-state index in [4.69, 9.17) is 10.8 Å². The number of likely N-dealkylation sites (tertiary alicyclic amines) is 1. The van der Waals surface area contributed by atoms with E-state index in [1.165, 1.54) is 0 Å². The van der Waals surface area contributed by atoms with E-state index < -0.39 is 0 Å². The van der Waals surface area contributed by atoms with Gasteiger partial charge in [0.1, 0.15) is 0 Å². The molecule has 0 aromatic rings. The number of hydrogen-bond acceptors (Lipinski definition) is 3. The molecule has 0 aromatic heterocycles. The number of rotatable bonds is 6. The van der Waals surface area contributed by atoms with Crippen LogP contribution in [0.1, 0.15) is 46.0 Å². The molecule has 0 radical (unpaired) electrons. The van der Waals surface area contributed by atoms with Gasteiger partial charge in [-0.05, 0) is 31.6 Å². The third-order valence-electron chi connectivity index (χ3n) is 3.90. The van der Waals surface area contributed by atoms with Crippen LogP contribution in [-0.4, -0.2) is 41.1 Å². The smallest absolute Gasteiger partial charge is 0.240 e. The van der Waals surface area contributed by atoms with Gasteiger partial charge in [0.05, 0.1) is 6.04 Å². The lowest BCUT2D eigenvalue weighted by Gasteiger charge is -2.29. The maximum Gasteiger partial charge on any atom is 0.240 e. The zero-order valence-corrected chi connectivity index (χ0v) is 11.1. The summed E-state index contributed by atoms with van der Waals surface area (Å²) in [5.74, 6) is 0.335. The Kier molecular flexibility index (Phi) is 5.92. The fraction of sp³-hybridized carbons (Fsp3) is 0.923. The number of hydrogen-bond donors (Lipinski definition) is 2. The van der Waals surface area contributed by atoms with E-state index in [0.29, 0.717) is 6.04 Å². The van der Waals surface area contributed by atoms with Crippen molar-refractivity contribution in [2.45, 2.75) is 58.0 Å². The van der Waals surface area contributed by atoms with Gasteiger partial charge in [-0.15, -0.1) is 0 Å². The zero-order chi connectivity index (χ0) is 12.8. The molecule has 1 fully saturated rings. The lowest BCUT2D eigenvalue weighted by atomic mass is 9.98. The molecule has 1 heterocycles. The Morgan fingerprint density at radius 1 is 1.59 bits per heavy atom. The molecular weight excluding hydrogens is 216 g/mol. The van der Waals surface area contributed by atoms with E-state index in [2.05, 4.69) is 6.92 Å². The Hall–Kier alpha value is -0.610. The first-order valence-electron chi connectivity index (χ1n) is 6.78. The Morgan fingerprint density at radius 2 is 2.29 bits per heavy atom. The van der Waals surface area contributed by atoms with Gasteiger partial charge < -0.3 is 15.7 Å². The van der Waals surface area contributed by atoms with Crippen molar-refractivity contribution in [3.63, 3.8) is 0 Å². The van der Waals surface area contributed by atoms with Crippen LogP contribution < -0.4 is 5.73 Å². The number of carbonyl (C=O) groups is 1. The highest BCUT2D eigenvalue weighted by atomic mass is 16.3. The van der Waals surface area contributed by atoms with Gasteiger partial charge >= 0.3 is 0 Å². The van der Waals surface area contributed by atoms with Crippen LogP contribution in [0.25, 0.3) is 0 Å². The molecule has 1 unspecified atom stereocenters. The fourth-order valence-electron chi connectivity index (χ4n) is 2.44. The maximum absolute atomic E-state index is 12.3. The largest absolute Gasteiger partial charge is 0.396 e. The van der Waals surface area contributed by atoms with Crippen LogP contribution in [-0.2, 0) is 4.79 Å². The second-order valence-electron chi connectivity index (χ2n) is 5.10. The summed E-state index contributed by atoms with van der Waals surface area (Å²) in [5.41, 5.74) is 6.00. The molecule has 1 aliphatic heterocycles. The van der Waals surface area contributed by atoms with Crippen molar-refractivity contribution in [2.24, 2.45) is 11.7 Å². The minimum atomic E-state index is -0.366. The molecule has 0 aromatic carbocycles. The second-order valence-corrected chi connectivity index (χ2v) is 5.10. The van der Waals surface area contributed by atoms with E-state index in [9.17, 15) is 4.79 Å². The first-order valence-corrected chi connectivity index (χ1v) is 6.78. The SMILES string of the molecule is CC[C@H](C)[C@H](N)C(=O)N1CCCC1CCCO. The molecule has 0 aliphatic carbocycles. The van der Waals surface area contributed by atoms with Crippen molar-refractivity contribution in [1.29, 1.82) is 0 Å². The predicted molar refractivity (Wildman–Crippen MR) is 68.5 cm³/mol. The Bertz CT molecular complexity index is 246. The van der Waals surface area contributed by atoms with Gasteiger partial charge in [0.2, 0.25) is 5.91 Å². The summed E-state index contributed by atoms with van der Waals surface area (Å²) in [6.45, 7) is 5.13. The molecule has 17 heavy (non-hydrogen) atoms. The number of aliphatic hydroxyl groups is 1. The van der Waals surface area contributed by atoms with Crippen molar-refractivity contribution in [1.82, 2.24) is 4.90 Å². The topological polar surface area (TPSA) is 66.6 Å². The standard InChI is InChI=1S/C13H26N2O2/c1-3-10(2)12(14)13(17)15-8-4-6-11(15)7-5-9-16/h10-12,16H,3-9,14H2,1-2H3/t10-,11?,12-/m0/s1. The highest BCUT2D eigenvalue weighted by molar-refractivity contribution is 5.82. The van der Waals surface area contributed by atoms with E-state index in [1.54, 1.807) is 0 Å². The Labute approximate surface area is 104 Å². The molecule has 100 valence electrons. The summed E-state index contributed by atoms with van der Waals surface area (Å²) in [4.78, 5) is 14.2. The third-order valence-corrected chi connectivity index (χ3v) is 3.90. The maximum atomic E-state index is 12.3. The average Bonchev–Trinajstić information content (AvgIpc) is 2.81. The fourth-order valence-corrected chi connectivity index (χ4v) is 2.44. The van der Waals surface area contributed by atoms with Gasteiger partial charge in [-0.1, -0.05) is 20.3 Å². The van der Waals surface area contributed by atoms with Crippen molar-refractivity contribution < 1.29 is 9.90 Å². The van der Waals surface area contributed by atoms with E-state index in [-0.39, 0.29) is 24.5 Å². The molecule has 0 saturated carbocycles. The molecule has 0 bridgehead atoms. The molecule has 1 amide bonds. The normalized spacial score (nSPS) is 23.8. The molecule has 1 rings (SSSR count). The van der Waals surface area contributed by atoms with Crippen molar-refractivity contribution in [3.05, 3.63) is 0 Å². The summed E-state index contributed by atoms with van der Waals surface area (Å²) in [6.07, 6.45) is 4.72. The molecular formula is C13H26N2O2. The van der Waals surface area contributed by atoms with Crippen molar-refractivity contribution >= 4 is 5.91 Å². The van der Waals surface area contributed by atoms with Crippen molar-refractivity contribution in [3.8, 4) is 0 Å². The lowest BCUT2D eigenvalue weighted by Crippen LogP contribution is -2.48. The summed E-state index contributed by atoms with van der Waals surface area (Å²) in [7, 11) is 0. The van der Waals surface area contributed by atoms with E-state index >= 15 is 0 Å². The molecule has 3 atom stereocenters. The highest BCUT2D eigenvalue weighted by Crippen LogP contribution is 2.23. The van der Waals surface area contributed by atoms with E-state index in [1.807, 2.05) is 11.8 Å². The summed E-state index contributed by atoms with van der Waals surface area (Å²) >= 11 is 0. The monoisotopic (exact) mass is 242 g/mol. The Balaban J connectivity index is 2.54. The summed E-state index contributed by atoms with van der Waals surface area (Å²) in [6, 6.07) is -0.0699. The van der Waals surface area contributed by atoms with E-state index in [0.717, 1.165) is 38.6 Å². The van der Waals surface area contributed by atoms with Crippen LogP contribution in [0.15, 0.2) is 0 Å². The molecule has 4 heteroatoms. The number of nitrogens with zero attached hydrogens (tertiary/aromatic N) is 1. The van der Waals surface area contributed by atoms with Crippen LogP contribution in [0.3, 0.4) is 0 Å². The molecule has 1 aliphatic rings. The summed E-state index contributed by atoms with van der Waals surface area (Å²) in [5, 5.41) is 8.86. The van der Waals surface area contributed by atoms with Gasteiger partial charge in [0, 0.05) is 19.2 Å². The minimum absolute atomic E-state index is 0.0970. The van der Waals surface area contributed by atoms with Crippen LogP contribution in [0.2, 0.25) is 0 Å². The lowest BCUT2D eigenvalue weighted by molar-refractivity contribution is -0.134. The minimum Gasteiger partial charge on any atom is -0.396 e. The van der Waals surface area contributed by atoms with Crippen molar-refractivity contribution in [2.75, 3.05) is 13.2 Å². The molecule has 3 N–H and O–H groups in total. The number of amides is 1. The number of aliphatic hydroxyl groups excluding tert-OH is 1. The molecule has 4 nitrogen and oxygen atoms in total. The van der Waals surface area contributed by atoms with Gasteiger partial charge in [-0.2, -0.15) is 0 Å². The molecule has 1 saturated heterocycles. The van der Waals surface area contributed by atoms with Gasteiger partial charge in [0.15, 0.2) is 0 Å². The second kappa shape index (κ2) is 6.97. The number of carbonyl (C=O) groups excluding carboxylic acids is 1. The zero-order valence-electron chi connectivity index (χ0n) is 11.1. The van der Waals surface area contributed by atoms with Crippen LogP contribution in [0, 0.1) is 5.92 Å². The van der Waals surface area contributed by atoms with Gasteiger partial charge in [-0.3, -0.25) is 4.79 Å². The highest BCUT2D eigenvalue weighted by Gasteiger charge is 2.32. The van der Waals surface area contributed by atoms with Gasteiger partial charge in [0.25, 0.3) is 0 Å². The summed E-state index contributed by atoms with van der Waals surface area (Å²) < 4.78 is 0. The Morgan fingerprint density at radius 3 is 2.88 bits per heavy atom. The average molecular weight is 242 g/mol. The molecule has 0 spiro atoms. The first kappa shape index (κ1) is 14.5. The van der Waals surface area contributed by atoms with Gasteiger partial charge in [-0.25, -0.2) is 0 Å².